The molecule has 1 aliphatic carbocycles. The fourth-order valence-electron chi connectivity index (χ4n) is 2.52. The van der Waals surface area contributed by atoms with Crippen LogP contribution in [0.25, 0.3) is 11.1 Å². The van der Waals surface area contributed by atoms with Gasteiger partial charge in [0.05, 0.1) is 24.0 Å². The van der Waals surface area contributed by atoms with Crippen molar-refractivity contribution in [3.63, 3.8) is 0 Å². The maximum Gasteiger partial charge on any atom is 0.417 e. The molecule has 1 aliphatic rings. The van der Waals surface area contributed by atoms with Gasteiger partial charge < -0.3 is 20.8 Å². The Morgan fingerprint density at radius 3 is 3.04 bits per heavy atom. The number of anilines is 2. The van der Waals surface area contributed by atoms with E-state index in [1.807, 2.05) is 0 Å². The highest BCUT2D eigenvalue weighted by atomic mass is 16.4. The third-order valence-electron chi connectivity index (χ3n) is 3.99. The number of benzene rings is 1. The molecule has 0 aliphatic heterocycles. The molecule has 0 radical (unpaired) electrons. The van der Waals surface area contributed by atoms with Crippen LogP contribution in [0.4, 0.5) is 16.3 Å². The number of H-pyrrole nitrogens is 1. The van der Waals surface area contributed by atoms with E-state index in [2.05, 4.69) is 25.6 Å². The Hall–Kier alpha value is -3.36. The molecule has 1 saturated carbocycles. The average molecular weight is 340 g/mol. The quantitative estimate of drug-likeness (QED) is 0.570. The molecule has 3 aromatic rings. The summed E-state index contributed by atoms with van der Waals surface area (Å²) < 4.78 is 4.96. The zero-order valence-corrected chi connectivity index (χ0v) is 13.2. The highest BCUT2D eigenvalue weighted by molar-refractivity contribution is 5.91. The van der Waals surface area contributed by atoms with E-state index in [1.54, 1.807) is 24.4 Å². The number of rotatable bonds is 4. The van der Waals surface area contributed by atoms with Crippen molar-refractivity contribution >= 4 is 28.6 Å². The fourth-order valence-corrected chi connectivity index (χ4v) is 2.52. The molecule has 1 fully saturated rings. The zero-order chi connectivity index (χ0) is 17.4. The number of aromatic amines is 1. The van der Waals surface area contributed by atoms with Crippen LogP contribution in [0.1, 0.15) is 30.1 Å². The lowest BCUT2D eigenvalue weighted by Crippen LogP contribution is -2.29. The standard InChI is InChI=1S/C16H16N6O3/c17-14-12(21-11(6-18-14)8-1-2-8)7-19-15(23)20-9-3-4-10-13(5-9)25-16(24)22-10/h3-6,8H,1-2,7H2,(H2,17,18)(H,22,24)(H2,19,20,23). The van der Waals surface area contributed by atoms with Crippen molar-refractivity contribution in [3.8, 4) is 0 Å². The molecule has 9 heteroatoms. The van der Waals surface area contributed by atoms with Gasteiger partial charge in [-0.2, -0.15) is 0 Å². The van der Waals surface area contributed by atoms with Crippen molar-refractivity contribution in [2.24, 2.45) is 0 Å². The van der Waals surface area contributed by atoms with Crippen molar-refractivity contribution < 1.29 is 9.21 Å². The Bertz CT molecular complexity index is 1000. The van der Waals surface area contributed by atoms with E-state index in [9.17, 15) is 9.59 Å². The van der Waals surface area contributed by atoms with E-state index < -0.39 is 11.8 Å². The van der Waals surface area contributed by atoms with E-state index >= 15 is 0 Å². The summed E-state index contributed by atoms with van der Waals surface area (Å²) in [6.07, 6.45) is 3.92. The maximum atomic E-state index is 12.1. The van der Waals surface area contributed by atoms with Crippen LogP contribution in [0, 0.1) is 0 Å². The number of urea groups is 1. The highest BCUT2D eigenvalue weighted by Crippen LogP contribution is 2.38. The Kier molecular flexibility index (Phi) is 3.60. The smallest absolute Gasteiger partial charge is 0.408 e. The summed E-state index contributed by atoms with van der Waals surface area (Å²) in [4.78, 5) is 34.3. The molecule has 9 nitrogen and oxygen atoms in total. The van der Waals surface area contributed by atoms with Gasteiger partial charge in [0.15, 0.2) is 5.58 Å². The van der Waals surface area contributed by atoms with Crippen LogP contribution in [0.5, 0.6) is 0 Å². The summed E-state index contributed by atoms with van der Waals surface area (Å²) in [6.45, 7) is 0.173. The SMILES string of the molecule is Nc1ncc(C2CC2)nc1CNC(=O)Nc1ccc2[nH]c(=O)oc2c1. The number of amides is 2. The number of carbonyl (C=O) groups excluding carboxylic acids is 1. The number of aromatic nitrogens is 3. The first-order valence-electron chi connectivity index (χ1n) is 7.87. The summed E-state index contributed by atoms with van der Waals surface area (Å²) in [5.41, 5.74) is 8.72. The number of carbonyl (C=O) groups is 1. The third kappa shape index (κ3) is 3.30. The van der Waals surface area contributed by atoms with Gasteiger partial charge in [-0.15, -0.1) is 0 Å². The number of oxazole rings is 1. The second kappa shape index (κ2) is 5.93. The summed E-state index contributed by atoms with van der Waals surface area (Å²) in [5, 5.41) is 5.36. The summed E-state index contributed by atoms with van der Waals surface area (Å²) >= 11 is 0. The number of nitrogens with one attached hydrogen (secondary N) is 3. The van der Waals surface area contributed by atoms with E-state index in [-0.39, 0.29) is 6.54 Å². The van der Waals surface area contributed by atoms with Crippen molar-refractivity contribution in [1.29, 1.82) is 0 Å². The molecule has 0 spiro atoms. The first-order valence-corrected chi connectivity index (χ1v) is 7.87. The highest BCUT2D eigenvalue weighted by Gasteiger charge is 2.26. The van der Waals surface area contributed by atoms with E-state index in [0.717, 1.165) is 18.5 Å². The number of hydrogen-bond donors (Lipinski definition) is 4. The first-order chi connectivity index (χ1) is 12.1. The summed E-state index contributed by atoms with van der Waals surface area (Å²) in [7, 11) is 0. The zero-order valence-electron chi connectivity index (χ0n) is 13.2. The topological polar surface area (TPSA) is 139 Å². The summed E-state index contributed by atoms with van der Waals surface area (Å²) in [5.74, 6) is 0.227. The predicted octanol–water partition coefficient (Wildman–Crippen LogP) is 1.69. The minimum Gasteiger partial charge on any atom is -0.408 e. The van der Waals surface area contributed by atoms with Crippen LogP contribution in [0.15, 0.2) is 33.6 Å². The minimum absolute atomic E-state index is 0.173. The lowest BCUT2D eigenvalue weighted by Gasteiger charge is -2.09. The molecule has 128 valence electrons. The number of nitrogens with two attached hydrogens (primary N) is 1. The fraction of sp³-hybridized carbons (Fsp3) is 0.250. The molecule has 0 atom stereocenters. The Balaban J connectivity index is 1.41. The van der Waals surface area contributed by atoms with Crippen LogP contribution in [0.2, 0.25) is 0 Å². The van der Waals surface area contributed by atoms with Crippen molar-refractivity contribution in [3.05, 3.63) is 46.3 Å². The molecule has 2 amide bonds. The largest absolute Gasteiger partial charge is 0.417 e. The molecule has 4 rings (SSSR count). The van der Waals surface area contributed by atoms with E-state index in [4.69, 9.17) is 10.2 Å². The molecule has 5 N–H and O–H groups in total. The van der Waals surface area contributed by atoms with Crippen molar-refractivity contribution in [1.82, 2.24) is 20.3 Å². The number of nitrogen functional groups attached to an aromatic ring is 1. The van der Waals surface area contributed by atoms with Crippen LogP contribution >= 0.6 is 0 Å². The molecule has 1 aromatic carbocycles. The van der Waals surface area contributed by atoms with Gasteiger partial charge in [0.25, 0.3) is 0 Å². The normalized spacial score (nSPS) is 13.8. The van der Waals surface area contributed by atoms with Gasteiger partial charge in [0.2, 0.25) is 0 Å². The molecule has 25 heavy (non-hydrogen) atoms. The first kappa shape index (κ1) is 15.2. The minimum atomic E-state index is -0.541. The number of nitrogens with zero attached hydrogens (tertiary/aromatic N) is 2. The van der Waals surface area contributed by atoms with Gasteiger partial charge in [-0.25, -0.2) is 14.6 Å². The van der Waals surface area contributed by atoms with Gasteiger partial charge in [-0.05, 0) is 25.0 Å². The van der Waals surface area contributed by atoms with Crippen LogP contribution in [-0.4, -0.2) is 21.0 Å². The van der Waals surface area contributed by atoms with Gasteiger partial charge >= 0.3 is 11.8 Å². The van der Waals surface area contributed by atoms with Crippen LogP contribution in [-0.2, 0) is 6.54 Å². The number of fused-ring (bicyclic) bond motifs is 1. The lowest BCUT2D eigenvalue weighted by molar-refractivity contribution is 0.251. The van der Waals surface area contributed by atoms with Gasteiger partial charge in [0, 0.05) is 17.7 Å². The summed E-state index contributed by atoms with van der Waals surface area (Å²) in [6, 6.07) is 4.46. The van der Waals surface area contributed by atoms with Crippen molar-refractivity contribution in [2.75, 3.05) is 11.1 Å². The van der Waals surface area contributed by atoms with E-state index in [1.165, 1.54) is 0 Å². The molecular weight excluding hydrogens is 324 g/mol. The molecule has 2 heterocycles. The Labute approximate surface area is 141 Å². The van der Waals surface area contributed by atoms with Crippen LogP contribution in [0.3, 0.4) is 0 Å². The molecular formula is C16H16N6O3. The molecule has 2 aromatic heterocycles. The van der Waals surface area contributed by atoms with E-state index in [0.29, 0.717) is 34.2 Å². The maximum absolute atomic E-state index is 12.1. The lowest BCUT2D eigenvalue weighted by atomic mass is 10.3. The molecule has 0 saturated heterocycles. The Morgan fingerprint density at radius 2 is 2.24 bits per heavy atom. The Morgan fingerprint density at radius 1 is 1.40 bits per heavy atom. The third-order valence-corrected chi connectivity index (χ3v) is 3.99. The van der Waals surface area contributed by atoms with Gasteiger partial charge in [0.1, 0.15) is 11.5 Å². The van der Waals surface area contributed by atoms with Crippen molar-refractivity contribution in [2.45, 2.75) is 25.3 Å². The second-order valence-corrected chi connectivity index (χ2v) is 5.93. The second-order valence-electron chi connectivity index (χ2n) is 5.93. The molecule has 0 unspecified atom stereocenters. The molecule has 0 bridgehead atoms. The number of hydrogen-bond acceptors (Lipinski definition) is 6. The predicted molar refractivity (Wildman–Crippen MR) is 91.1 cm³/mol. The van der Waals surface area contributed by atoms with Crippen LogP contribution < -0.4 is 22.1 Å². The average Bonchev–Trinajstić information content (AvgIpc) is 3.35. The monoisotopic (exact) mass is 340 g/mol. The van der Waals surface area contributed by atoms with Gasteiger partial charge in [-0.3, -0.25) is 9.97 Å². The van der Waals surface area contributed by atoms with Gasteiger partial charge in [-0.1, -0.05) is 0 Å².